The highest BCUT2D eigenvalue weighted by Gasteiger charge is 2.15. The SMILES string of the molecule is O=C(O)CCCC(Cl)c1ccc2c(c1)OCCCO2. The number of carbonyl (C=O) groups is 1. The number of alkyl halides is 1. The minimum absolute atomic E-state index is 0.147. The predicted octanol–water partition coefficient (Wildman–Crippen LogP) is 3.38. The van der Waals surface area contributed by atoms with E-state index in [1.807, 2.05) is 18.2 Å². The van der Waals surface area contributed by atoms with E-state index in [0.717, 1.165) is 23.5 Å². The van der Waals surface area contributed by atoms with Gasteiger partial charge in [-0.3, -0.25) is 4.79 Å². The van der Waals surface area contributed by atoms with E-state index < -0.39 is 5.97 Å². The Labute approximate surface area is 117 Å². The summed E-state index contributed by atoms with van der Waals surface area (Å²) in [6, 6.07) is 5.66. The first-order chi connectivity index (χ1) is 9.16. The van der Waals surface area contributed by atoms with Crippen LogP contribution in [0.2, 0.25) is 0 Å². The van der Waals surface area contributed by atoms with Crippen molar-refractivity contribution in [3.05, 3.63) is 23.8 Å². The summed E-state index contributed by atoms with van der Waals surface area (Å²) >= 11 is 6.28. The Balaban J connectivity index is 2.00. The van der Waals surface area contributed by atoms with Crippen LogP contribution in [-0.4, -0.2) is 24.3 Å². The second-order valence-corrected chi connectivity index (χ2v) is 5.04. The summed E-state index contributed by atoms with van der Waals surface area (Å²) in [5.74, 6) is 0.678. The van der Waals surface area contributed by atoms with Crippen LogP contribution in [0.4, 0.5) is 0 Å². The second kappa shape index (κ2) is 6.66. The Bertz CT molecular complexity index is 447. The molecule has 0 radical (unpaired) electrons. The van der Waals surface area contributed by atoms with E-state index in [4.69, 9.17) is 26.2 Å². The zero-order valence-corrected chi connectivity index (χ0v) is 11.4. The van der Waals surface area contributed by atoms with Crippen LogP contribution in [0.25, 0.3) is 0 Å². The van der Waals surface area contributed by atoms with Gasteiger partial charge in [-0.15, -0.1) is 11.6 Å². The Morgan fingerprint density at radius 2 is 2.05 bits per heavy atom. The molecule has 1 aromatic rings. The lowest BCUT2D eigenvalue weighted by molar-refractivity contribution is -0.137. The molecule has 2 rings (SSSR count). The average Bonchev–Trinajstić information content (AvgIpc) is 2.62. The number of carboxylic acid groups (broad SMARTS) is 1. The number of halogens is 1. The summed E-state index contributed by atoms with van der Waals surface area (Å²) in [5, 5.41) is 8.41. The lowest BCUT2D eigenvalue weighted by atomic mass is 10.1. The summed E-state index contributed by atoms with van der Waals surface area (Å²) in [6.07, 6.45) is 2.21. The molecule has 0 aliphatic carbocycles. The van der Waals surface area contributed by atoms with Gasteiger partial charge in [-0.25, -0.2) is 0 Å². The highest BCUT2D eigenvalue weighted by molar-refractivity contribution is 6.20. The highest BCUT2D eigenvalue weighted by atomic mass is 35.5. The summed E-state index contributed by atoms with van der Waals surface area (Å²) in [6.45, 7) is 1.30. The number of benzene rings is 1. The van der Waals surface area contributed by atoms with Gasteiger partial charge in [0.25, 0.3) is 0 Å². The minimum atomic E-state index is -0.789. The molecule has 0 saturated carbocycles. The summed E-state index contributed by atoms with van der Waals surface area (Å²) in [5.41, 5.74) is 0.941. The fraction of sp³-hybridized carbons (Fsp3) is 0.500. The third-order valence-electron chi connectivity index (χ3n) is 2.98. The zero-order valence-electron chi connectivity index (χ0n) is 10.6. The molecule has 1 unspecified atom stereocenters. The lowest BCUT2D eigenvalue weighted by Gasteiger charge is -2.13. The molecule has 1 heterocycles. The number of carboxylic acids is 1. The van der Waals surface area contributed by atoms with E-state index in [1.54, 1.807) is 0 Å². The third-order valence-corrected chi connectivity index (χ3v) is 3.45. The highest BCUT2D eigenvalue weighted by Crippen LogP contribution is 2.35. The van der Waals surface area contributed by atoms with Crippen molar-refractivity contribution in [1.29, 1.82) is 0 Å². The molecule has 0 spiro atoms. The van der Waals surface area contributed by atoms with Gasteiger partial charge in [-0.05, 0) is 30.5 Å². The molecule has 1 N–H and O–H groups in total. The first-order valence-corrected chi connectivity index (χ1v) is 6.86. The van der Waals surface area contributed by atoms with Gasteiger partial charge in [0.1, 0.15) is 0 Å². The van der Waals surface area contributed by atoms with Gasteiger partial charge in [0.05, 0.1) is 18.6 Å². The van der Waals surface area contributed by atoms with Gasteiger partial charge in [0.15, 0.2) is 11.5 Å². The van der Waals surface area contributed by atoms with Gasteiger partial charge >= 0.3 is 5.97 Å². The maximum absolute atomic E-state index is 10.5. The molecule has 5 heteroatoms. The Kier molecular flexibility index (Phi) is 4.91. The Morgan fingerprint density at radius 1 is 1.32 bits per heavy atom. The van der Waals surface area contributed by atoms with Gasteiger partial charge in [-0.1, -0.05) is 6.07 Å². The molecule has 104 valence electrons. The zero-order chi connectivity index (χ0) is 13.7. The first-order valence-electron chi connectivity index (χ1n) is 6.42. The van der Waals surface area contributed by atoms with Crippen LogP contribution in [0, 0.1) is 0 Å². The monoisotopic (exact) mass is 284 g/mol. The van der Waals surface area contributed by atoms with Gasteiger partial charge < -0.3 is 14.6 Å². The van der Waals surface area contributed by atoms with Crippen molar-refractivity contribution in [2.24, 2.45) is 0 Å². The van der Waals surface area contributed by atoms with Crippen molar-refractivity contribution in [2.45, 2.75) is 31.1 Å². The van der Waals surface area contributed by atoms with E-state index in [9.17, 15) is 4.79 Å². The molecule has 0 bridgehead atoms. The minimum Gasteiger partial charge on any atom is -0.490 e. The molecule has 0 saturated heterocycles. The van der Waals surface area contributed by atoms with Crippen molar-refractivity contribution in [3.8, 4) is 11.5 Å². The van der Waals surface area contributed by atoms with E-state index in [0.29, 0.717) is 26.1 Å². The third kappa shape index (κ3) is 4.03. The van der Waals surface area contributed by atoms with Gasteiger partial charge in [0.2, 0.25) is 0 Å². The van der Waals surface area contributed by atoms with E-state index in [-0.39, 0.29) is 11.8 Å². The molecule has 1 aromatic carbocycles. The molecule has 1 aliphatic rings. The normalized spacial score (nSPS) is 15.6. The molecular weight excluding hydrogens is 268 g/mol. The molecule has 0 fully saturated rings. The van der Waals surface area contributed by atoms with Crippen LogP contribution < -0.4 is 9.47 Å². The Morgan fingerprint density at radius 3 is 2.79 bits per heavy atom. The van der Waals surface area contributed by atoms with E-state index >= 15 is 0 Å². The number of ether oxygens (including phenoxy) is 2. The summed E-state index contributed by atoms with van der Waals surface area (Å²) in [7, 11) is 0. The lowest BCUT2D eigenvalue weighted by Crippen LogP contribution is -1.98. The van der Waals surface area contributed by atoms with Crippen LogP contribution in [0.15, 0.2) is 18.2 Å². The fourth-order valence-corrected chi connectivity index (χ4v) is 2.26. The number of fused-ring (bicyclic) bond motifs is 1. The number of hydrogen-bond donors (Lipinski definition) is 1. The van der Waals surface area contributed by atoms with Crippen LogP contribution in [0.1, 0.15) is 36.6 Å². The van der Waals surface area contributed by atoms with Crippen molar-refractivity contribution in [2.75, 3.05) is 13.2 Å². The molecule has 0 aromatic heterocycles. The van der Waals surface area contributed by atoms with Crippen molar-refractivity contribution < 1.29 is 19.4 Å². The maximum atomic E-state index is 10.5. The number of aliphatic carboxylic acids is 1. The molecule has 4 nitrogen and oxygen atoms in total. The van der Waals surface area contributed by atoms with Crippen molar-refractivity contribution >= 4 is 17.6 Å². The van der Waals surface area contributed by atoms with Crippen LogP contribution >= 0.6 is 11.6 Å². The van der Waals surface area contributed by atoms with Crippen LogP contribution in [0.3, 0.4) is 0 Å². The smallest absolute Gasteiger partial charge is 0.303 e. The van der Waals surface area contributed by atoms with Crippen LogP contribution in [0.5, 0.6) is 11.5 Å². The van der Waals surface area contributed by atoms with Crippen molar-refractivity contribution in [1.82, 2.24) is 0 Å². The topological polar surface area (TPSA) is 55.8 Å². The molecule has 19 heavy (non-hydrogen) atoms. The summed E-state index contributed by atoms with van der Waals surface area (Å²) < 4.78 is 11.2. The predicted molar refractivity (Wildman–Crippen MR) is 72.1 cm³/mol. The quantitative estimate of drug-likeness (QED) is 0.842. The molecule has 1 atom stereocenters. The maximum Gasteiger partial charge on any atom is 0.303 e. The molecule has 0 amide bonds. The largest absolute Gasteiger partial charge is 0.490 e. The van der Waals surface area contributed by atoms with Crippen LogP contribution in [-0.2, 0) is 4.79 Å². The van der Waals surface area contributed by atoms with Crippen molar-refractivity contribution in [3.63, 3.8) is 0 Å². The Hall–Kier alpha value is -1.42. The number of hydrogen-bond acceptors (Lipinski definition) is 3. The second-order valence-electron chi connectivity index (χ2n) is 4.51. The van der Waals surface area contributed by atoms with E-state index in [2.05, 4.69) is 0 Å². The number of rotatable bonds is 5. The molecular formula is C14H17ClO4. The summed E-state index contributed by atoms with van der Waals surface area (Å²) in [4.78, 5) is 10.5. The first kappa shape index (κ1) is 14.0. The van der Waals surface area contributed by atoms with E-state index in [1.165, 1.54) is 0 Å². The van der Waals surface area contributed by atoms with Gasteiger partial charge in [-0.2, -0.15) is 0 Å². The fourth-order valence-electron chi connectivity index (χ4n) is 1.97. The average molecular weight is 285 g/mol. The molecule has 1 aliphatic heterocycles. The van der Waals surface area contributed by atoms with Gasteiger partial charge in [0, 0.05) is 12.8 Å². The standard InChI is InChI=1S/C14H17ClO4/c15-11(3-1-4-14(16)17)10-5-6-12-13(9-10)19-8-2-7-18-12/h5-6,9,11H,1-4,7-8H2,(H,16,17).